The summed E-state index contributed by atoms with van der Waals surface area (Å²) in [5.41, 5.74) is 3.33. The number of ether oxygens (including phenoxy) is 1. The molecule has 0 aliphatic carbocycles. The number of fused-ring (bicyclic) bond motifs is 1. The van der Waals surface area contributed by atoms with Crippen molar-refractivity contribution in [2.75, 3.05) is 0 Å². The molecule has 1 amide bonds. The van der Waals surface area contributed by atoms with E-state index in [0.717, 1.165) is 4.57 Å². The van der Waals surface area contributed by atoms with Gasteiger partial charge in [0.2, 0.25) is 11.8 Å². The monoisotopic (exact) mass is 369 g/mol. The summed E-state index contributed by atoms with van der Waals surface area (Å²) in [7, 11) is 2.87. The van der Waals surface area contributed by atoms with Gasteiger partial charge in [-0.15, -0.1) is 0 Å². The van der Waals surface area contributed by atoms with E-state index in [9.17, 15) is 14.4 Å². The molecule has 1 unspecified atom stereocenters. The Balaban J connectivity index is 2.51. The Bertz CT molecular complexity index is 1070. The number of carbonyl (C=O) groups is 1. The van der Waals surface area contributed by atoms with Crippen LogP contribution in [0.4, 0.5) is 0 Å². The molecule has 7 heteroatoms. The molecule has 1 aromatic heterocycles. The molecule has 1 aliphatic rings. The van der Waals surface area contributed by atoms with Crippen LogP contribution in [0.1, 0.15) is 31.9 Å². The van der Waals surface area contributed by atoms with Crippen molar-refractivity contribution in [3.63, 3.8) is 0 Å². The van der Waals surface area contributed by atoms with Crippen LogP contribution in [0.15, 0.2) is 46.0 Å². The minimum absolute atomic E-state index is 0.0400. The minimum atomic E-state index is -1.45. The quantitative estimate of drug-likeness (QED) is 0.863. The molecule has 1 atom stereocenters. The topological polar surface area (TPSA) is 96.3 Å². The molecule has 7 nitrogen and oxygen atoms in total. The van der Waals surface area contributed by atoms with E-state index in [-0.39, 0.29) is 11.4 Å². The van der Waals surface area contributed by atoms with E-state index in [0.29, 0.717) is 11.3 Å². The fraction of sp³-hybridized carbons (Fsp3) is 0.350. The maximum absolute atomic E-state index is 13.0. The summed E-state index contributed by atoms with van der Waals surface area (Å²) < 4.78 is 8.17. The molecule has 3 rings (SSSR count). The van der Waals surface area contributed by atoms with Gasteiger partial charge in [-0.05, 0) is 11.5 Å². The van der Waals surface area contributed by atoms with Gasteiger partial charge in [0, 0.05) is 19.7 Å². The fourth-order valence-corrected chi connectivity index (χ4v) is 3.58. The number of hydrogen-bond donors (Lipinski definition) is 1. The van der Waals surface area contributed by atoms with Gasteiger partial charge in [-0.2, -0.15) is 0 Å². The minimum Gasteiger partial charge on any atom is -0.440 e. The second kappa shape index (κ2) is 5.97. The van der Waals surface area contributed by atoms with Gasteiger partial charge >= 0.3 is 5.69 Å². The van der Waals surface area contributed by atoms with Crippen LogP contribution < -0.4 is 21.7 Å². The summed E-state index contributed by atoms with van der Waals surface area (Å²) in [4.78, 5) is 38.3. The van der Waals surface area contributed by atoms with Gasteiger partial charge in [0.15, 0.2) is 0 Å². The Hall–Kier alpha value is -3.09. The van der Waals surface area contributed by atoms with Crippen molar-refractivity contribution in [3.8, 4) is 5.88 Å². The largest absolute Gasteiger partial charge is 0.440 e. The smallest absolute Gasteiger partial charge is 0.333 e. The number of hydrogen-bond acceptors (Lipinski definition) is 4. The molecule has 0 radical (unpaired) electrons. The number of aromatic nitrogens is 2. The Morgan fingerprint density at radius 2 is 1.67 bits per heavy atom. The first-order valence-electron chi connectivity index (χ1n) is 8.59. The molecular weight excluding hydrogens is 346 g/mol. The van der Waals surface area contributed by atoms with Gasteiger partial charge < -0.3 is 10.5 Å². The zero-order valence-electron chi connectivity index (χ0n) is 16.1. The molecule has 0 fully saturated rings. The van der Waals surface area contributed by atoms with E-state index in [1.54, 1.807) is 6.08 Å². The third-order valence-corrected chi connectivity index (χ3v) is 5.19. The van der Waals surface area contributed by atoms with Crippen LogP contribution in [-0.4, -0.2) is 15.0 Å². The third kappa shape index (κ3) is 2.53. The average Bonchev–Trinajstić information content (AvgIpc) is 2.63. The van der Waals surface area contributed by atoms with E-state index in [1.165, 1.54) is 18.7 Å². The Morgan fingerprint density at radius 1 is 1.07 bits per heavy atom. The van der Waals surface area contributed by atoms with Crippen molar-refractivity contribution in [2.24, 2.45) is 25.2 Å². The second-order valence-electron chi connectivity index (χ2n) is 7.78. The van der Waals surface area contributed by atoms with Crippen LogP contribution in [0.3, 0.4) is 0 Å². The Morgan fingerprint density at radius 3 is 2.19 bits per heavy atom. The number of primary amides is 1. The number of nitrogens with two attached hydrogens (primary N) is 1. The van der Waals surface area contributed by atoms with Gasteiger partial charge in [0.1, 0.15) is 11.2 Å². The molecule has 142 valence electrons. The number of nitrogens with zero attached hydrogens (tertiary/aromatic N) is 2. The molecule has 1 aromatic carbocycles. The number of rotatable bonds is 2. The zero-order valence-corrected chi connectivity index (χ0v) is 16.1. The molecule has 0 bridgehead atoms. The average molecular weight is 369 g/mol. The molecule has 2 heterocycles. The highest BCUT2D eigenvalue weighted by Crippen LogP contribution is 2.49. The van der Waals surface area contributed by atoms with Crippen LogP contribution in [0.5, 0.6) is 5.88 Å². The van der Waals surface area contributed by atoms with E-state index in [1.807, 2.05) is 51.1 Å². The van der Waals surface area contributed by atoms with Crippen molar-refractivity contribution >= 4 is 11.7 Å². The highest BCUT2D eigenvalue weighted by Gasteiger charge is 2.54. The van der Waals surface area contributed by atoms with Crippen molar-refractivity contribution in [3.05, 3.63) is 68.4 Å². The lowest BCUT2D eigenvalue weighted by Gasteiger charge is -2.43. The predicted molar refractivity (Wildman–Crippen MR) is 102 cm³/mol. The molecule has 27 heavy (non-hydrogen) atoms. The van der Waals surface area contributed by atoms with Crippen LogP contribution >= 0.6 is 0 Å². The first-order valence-corrected chi connectivity index (χ1v) is 8.59. The summed E-state index contributed by atoms with van der Waals surface area (Å²) in [5.74, 6) is -0.262. The normalized spacial score (nSPS) is 19.1. The maximum atomic E-state index is 13.0. The Labute approximate surface area is 156 Å². The number of amides is 1. The highest BCUT2D eigenvalue weighted by atomic mass is 16.5. The summed E-state index contributed by atoms with van der Waals surface area (Å²) in [6.07, 6.45) is 1.61. The van der Waals surface area contributed by atoms with Crippen molar-refractivity contribution in [2.45, 2.75) is 26.2 Å². The van der Waals surface area contributed by atoms with E-state index in [2.05, 4.69) is 0 Å². The first-order chi connectivity index (χ1) is 12.5. The molecule has 0 spiro atoms. The van der Waals surface area contributed by atoms with Crippen molar-refractivity contribution in [1.82, 2.24) is 9.13 Å². The lowest BCUT2D eigenvalue weighted by Crippen LogP contribution is -2.56. The van der Waals surface area contributed by atoms with E-state index in [4.69, 9.17) is 10.5 Å². The SMILES string of the molecule is Cn1c2c(c(=O)n(C)c1=O)C(C(N)=O)(C(C)(C)C)C=C(c1ccccc1)O2. The standard InChI is InChI=1S/C20H23N3O4/c1-19(2,3)20(17(21)25)11-13(12-9-7-6-8-10-12)27-16-14(20)15(24)22(4)18(26)23(16)5/h6-11H,1-5H3,(H2,21,25). The van der Waals surface area contributed by atoms with Crippen LogP contribution in [-0.2, 0) is 24.3 Å². The van der Waals surface area contributed by atoms with Crippen molar-refractivity contribution < 1.29 is 9.53 Å². The summed E-state index contributed by atoms with van der Waals surface area (Å²) >= 11 is 0. The van der Waals surface area contributed by atoms with Crippen molar-refractivity contribution in [1.29, 1.82) is 0 Å². The Kier molecular flexibility index (Phi) is 4.14. The van der Waals surface area contributed by atoms with Crippen LogP contribution in [0, 0.1) is 5.41 Å². The highest BCUT2D eigenvalue weighted by molar-refractivity contribution is 5.93. The zero-order chi connectivity index (χ0) is 20.1. The van der Waals surface area contributed by atoms with E-state index >= 15 is 0 Å². The van der Waals surface area contributed by atoms with Gasteiger partial charge in [0.05, 0.1) is 5.56 Å². The molecule has 1 aliphatic heterocycles. The molecule has 2 N–H and O–H groups in total. The lowest BCUT2D eigenvalue weighted by atomic mass is 9.61. The van der Waals surface area contributed by atoms with Gasteiger partial charge in [0.25, 0.3) is 5.56 Å². The summed E-state index contributed by atoms with van der Waals surface area (Å²) in [6, 6.07) is 9.18. The lowest BCUT2D eigenvalue weighted by molar-refractivity contribution is -0.125. The molecular formula is C20H23N3O4. The second-order valence-corrected chi connectivity index (χ2v) is 7.78. The number of carbonyl (C=O) groups excluding carboxylic acids is 1. The summed E-state index contributed by atoms with van der Waals surface area (Å²) in [5, 5.41) is 0. The predicted octanol–water partition coefficient (Wildman–Crippen LogP) is 1.29. The van der Waals surface area contributed by atoms with Crippen LogP contribution in [0.25, 0.3) is 5.76 Å². The third-order valence-electron chi connectivity index (χ3n) is 5.19. The maximum Gasteiger partial charge on any atom is 0.333 e. The van der Waals surface area contributed by atoms with E-state index < -0.39 is 28.0 Å². The fourth-order valence-electron chi connectivity index (χ4n) is 3.58. The molecule has 2 aromatic rings. The van der Waals surface area contributed by atoms with Gasteiger partial charge in [-0.3, -0.25) is 18.7 Å². The number of benzene rings is 1. The van der Waals surface area contributed by atoms with Crippen LogP contribution in [0.2, 0.25) is 0 Å². The molecule has 0 saturated heterocycles. The van der Waals surface area contributed by atoms with Gasteiger partial charge in [-0.25, -0.2) is 4.79 Å². The molecule has 0 saturated carbocycles. The summed E-state index contributed by atoms with van der Waals surface area (Å²) in [6.45, 7) is 5.49. The van der Waals surface area contributed by atoms with Gasteiger partial charge in [-0.1, -0.05) is 51.1 Å². The first kappa shape index (κ1) is 18.7.